The van der Waals surface area contributed by atoms with Gasteiger partial charge in [0.15, 0.2) is 0 Å². The summed E-state index contributed by atoms with van der Waals surface area (Å²) in [7, 11) is -2.32. The molecule has 0 spiro atoms. The number of carbonyl (C=O) groups excluding carboxylic acids is 1. The first kappa shape index (κ1) is 16.9. The molecule has 1 aromatic rings. The van der Waals surface area contributed by atoms with E-state index in [0.717, 1.165) is 19.3 Å². The zero-order chi connectivity index (χ0) is 16.2. The van der Waals surface area contributed by atoms with Crippen molar-refractivity contribution in [2.24, 2.45) is 11.7 Å². The Hall–Kier alpha value is -1.44. The Kier molecular flexibility index (Phi) is 5.55. The number of ether oxygens (including phenoxy) is 1. The molecule has 22 heavy (non-hydrogen) atoms. The van der Waals surface area contributed by atoms with Crippen LogP contribution in [0.15, 0.2) is 29.2 Å². The standard InChI is InChI=1S/C15H22N2O4S/c1-21-15(18)13-5-2-6-14(10-13)22(19,20)17-9-3-4-12(11-17)7-8-16/h2,5-6,10,12H,3-4,7-9,11,16H2,1H3. The average molecular weight is 326 g/mol. The molecule has 0 aliphatic carbocycles. The molecule has 0 aromatic heterocycles. The van der Waals surface area contributed by atoms with Crippen LogP contribution in [0.1, 0.15) is 29.6 Å². The Morgan fingerprint density at radius 1 is 1.45 bits per heavy atom. The summed E-state index contributed by atoms with van der Waals surface area (Å²) in [4.78, 5) is 11.7. The molecule has 0 radical (unpaired) electrons. The summed E-state index contributed by atoms with van der Waals surface area (Å²) in [5.41, 5.74) is 5.81. The van der Waals surface area contributed by atoms with Gasteiger partial charge in [-0.15, -0.1) is 0 Å². The highest BCUT2D eigenvalue weighted by Crippen LogP contribution is 2.25. The predicted octanol–water partition coefficient (Wildman–Crippen LogP) is 1.22. The summed E-state index contributed by atoms with van der Waals surface area (Å²) in [5, 5.41) is 0. The molecule has 0 saturated carbocycles. The Labute approximate surface area is 131 Å². The highest BCUT2D eigenvalue weighted by Gasteiger charge is 2.30. The van der Waals surface area contributed by atoms with Crippen molar-refractivity contribution in [3.8, 4) is 0 Å². The van der Waals surface area contributed by atoms with E-state index >= 15 is 0 Å². The van der Waals surface area contributed by atoms with Gasteiger partial charge in [0.25, 0.3) is 0 Å². The minimum atomic E-state index is -3.59. The van der Waals surface area contributed by atoms with Crippen LogP contribution in [-0.4, -0.2) is 45.4 Å². The van der Waals surface area contributed by atoms with Gasteiger partial charge in [0.05, 0.1) is 17.6 Å². The monoisotopic (exact) mass is 326 g/mol. The van der Waals surface area contributed by atoms with Crippen LogP contribution >= 0.6 is 0 Å². The lowest BCUT2D eigenvalue weighted by molar-refractivity contribution is 0.0600. The largest absolute Gasteiger partial charge is 0.465 e. The first-order chi connectivity index (χ1) is 10.5. The molecular weight excluding hydrogens is 304 g/mol. The zero-order valence-electron chi connectivity index (χ0n) is 12.7. The second-order valence-corrected chi connectivity index (χ2v) is 7.41. The second-order valence-electron chi connectivity index (χ2n) is 5.47. The van der Waals surface area contributed by atoms with Gasteiger partial charge in [-0.25, -0.2) is 13.2 Å². The second kappa shape index (κ2) is 7.21. The van der Waals surface area contributed by atoms with Gasteiger partial charge in [-0.2, -0.15) is 4.31 Å². The summed E-state index contributed by atoms with van der Waals surface area (Å²) in [6.07, 6.45) is 2.67. The Balaban J connectivity index is 2.24. The molecule has 0 amide bonds. The van der Waals surface area contributed by atoms with Gasteiger partial charge in [-0.3, -0.25) is 0 Å². The quantitative estimate of drug-likeness (QED) is 0.822. The topological polar surface area (TPSA) is 89.7 Å². The van der Waals surface area contributed by atoms with Crippen LogP contribution in [0.4, 0.5) is 0 Å². The Morgan fingerprint density at radius 3 is 2.91 bits per heavy atom. The summed E-state index contributed by atoms with van der Waals surface area (Å²) < 4.78 is 31.6. The van der Waals surface area contributed by atoms with Crippen molar-refractivity contribution in [1.82, 2.24) is 4.31 Å². The summed E-state index contributed by atoms with van der Waals surface area (Å²) in [6, 6.07) is 5.97. The maximum atomic E-state index is 12.7. The molecular formula is C15H22N2O4S. The van der Waals surface area contributed by atoms with Crippen molar-refractivity contribution >= 4 is 16.0 Å². The fraction of sp³-hybridized carbons (Fsp3) is 0.533. The third kappa shape index (κ3) is 3.66. The number of carbonyl (C=O) groups is 1. The molecule has 1 saturated heterocycles. The normalized spacial score (nSPS) is 19.8. The van der Waals surface area contributed by atoms with Gasteiger partial charge < -0.3 is 10.5 Å². The van der Waals surface area contributed by atoms with E-state index in [1.54, 1.807) is 6.07 Å². The SMILES string of the molecule is COC(=O)c1cccc(S(=O)(=O)N2CCCC(CCN)C2)c1. The molecule has 7 heteroatoms. The van der Waals surface area contributed by atoms with Crippen molar-refractivity contribution in [3.63, 3.8) is 0 Å². The van der Waals surface area contributed by atoms with Crippen molar-refractivity contribution in [3.05, 3.63) is 29.8 Å². The molecule has 1 fully saturated rings. The van der Waals surface area contributed by atoms with Crippen LogP contribution in [-0.2, 0) is 14.8 Å². The summed E-state index contributed by atoms with van der Waals surface area (Å²) >= 11 is 0. The Morgan fingerprint density at radius 2 is 2.23 bits per heavy atom. The first-order valence-corrected chi connectivity index (χ1v) is 8.81. The first-order valence-electron chi connectivity index (χ1n) is 7.37. The van der Waals surface area contributed by atoms with Crippen LogP contribution < -0.4 is 5.73 Å². The molecule has 1 aliphatic heterocycles. The molecule has 2 N–H and O–H groups in total. The number of rotatable bonds is 5. The van der Waals surface area contributed by atoms with Crippen LogP contribution in [0, 0.1) is 5.92 Å². The van der Waals surface area contributed by atoms with Gasteiger partial charge in [0.2, 0.25) is 10.0 Å². The number of esters is 1. The van der Waals surface area contributed by atoms with E-state index in [2.05, 4.69) is 4.74 Å². The van der Waals surface area contributed by atoms with E-state index in [1.807, 2.05) is 0 Å². The number of nitrogens with two attached hydrogens (primary N) is 1. The molecule has 0 bridgehead atoms. The van der Waals surface area contributed by atoms with Crippen molar-refractivity contribution < 1.29 is 17.9 Å². The van der Waals surface area contributed by atoms with E-state index < -0.39 is 16.0 Å². The van der Waals surface area contributed by atoms with Gasteiger partial charge in [0, 0.05) is 13.1 Å². The molecule has 1 aromatic carbocycles. The van der Waals surface area contributed by atoms with E-state index in [-0.39, 0.29) is 10.5 Å². The predicted molar refractivity (Wildman–Crippen MR) is 82.9 cm³/mol. The summed E-state index contributed by atoms with van der Waals surface area (Å²) in [6.45, 7) is 1.56. The van der Waals surface area contributed by atoms with Gasteiger partial charge in [0.1, 0.15) is 0 Å². The summed E-state index contributed by atoms with van der Waals surface area (Å²) in [5.74, 6) is -0.242. The number of hydrogen-bond acceptors (Lipinski definition) is 5. The number of nitrogens with zero attached hydrogens (tertiary/aromatic N) is 1. The maximum absolute atomic E-state index is 12.7. The Bertz CT molecular complexity index is 628. The average Bonchev–Trinajstić information content (AvgIpc) is 2.55. The molecule has 1 unspecified atom stereocenters. The molecule has 122 valence electrons. The van der Waals surface area contributed by atoms with Crippen molar-refractivity contribution in [1.29, 1.82) is 0 Å². The number of piperidine rings is 1. The fourth-order valence-corrected chi connectivity index (χ4v) is 4.37. The van der Waals surface area contributed by atoms with Gasteiger partial charge in [-0.05, 0) is 49.9 Å². The van der Waals surface area contributed by atoms with E-state index in [0.29, 0.717) is 25.6 Å². The van der Waals surface area contributed by atoms with Crippen LogP contribution in [0.3, 0.4) is 0 Å². The third-order valence-corrected chi connectivity index (χ3v) is 5.81. The smallest absolute Gasteiger partial charge is 0.337 e. The highest BCUT2D eigenvalue weighted by atomic mass is 32.2. The van der Waals surface area contributed by atoms with Crippen LogP contribution in [0.2, 0.25) is 0 Å². The minimum Gasteiger partial charge on any atom is -0.465 e. The number of sulfonamides is 1. The van der Waals surface area contributed by atoms with Gasteiger partial charge in [-0.1, -0.05) is 6.07 Å². The molecule has 1 atom stereocenters. The molecule has 2 rings (SSSR count). The zero-order valence-corrected chi connectivity index (χ0v) is 13.5. The number of methoxy groups -OCH3 is 1. The number of hydrogen-bond donors (Lipinski definition) is 1. The van der Waals surface area contributed by atoms with E-state index in [4.69, 9.17) is 5.73 Å². The van der Waals surface area contributed by atoms with Crippen molar-refractivity contribution in [2.45, 2.75) is 24.2 Å². The molecule has 1 aliphatic rings. The molecule has 6 nitrogen and oxygen atoms in total. The van der Waals surface area contributed by atoms with E-state index in [9.17, 15) is 13.2 Å². The van der Waals surface area contributed by atoms with Crippen molar-refractivity contribution in [2.75, 3.05) is 26.7 Å². The maximum Gasteiger partial charge on any atom is 0.337 e. The third-order valence-electron chi connectivity index (χ3n) is 3.95. The van der Waals surface area contributed by atoms with Crippen LogP contribution in [0.25, 0.3) is 0 Å². The lowest BCUT2D eigenvalue weighted by Gasteiger charge is -2.31. The molecule has 1 heterocycles. The highest BCUT2D eigenvalue weighted by molar-refractivity contribution is 7.89. The van der Waals surface area contributed by atoms with Crippen LogP contribution in [0.5, 0.6) is 0 Å². The van der Waals surface area contributed by atoms with E-state index in [1.165, 1.54) is 29.6 Å². The lowest BCUT2D eigenvalue weighted by atomic mass is 9.96. The minimum absolute atomic E-state index is 0.129. The number of benzene rings is 1. The fourth-order valence-electron chi connectivity index (χ4n) is 2.77. The lowest BCUT2D eigenvalue weighted by Crippen LogP contribution is -2.40. The van der Waals surface area contributed by atoms with Gasteiger partial charge >= 0.3 is 5.97 Å².